The SMILES string of the molecule is CCC(=O)Oc1c(OC)cc(/C=C2/C(C)=C(CC(=O)Nc3cccc(Br)c3)c3cc(F)ccc32)cc1OC.CCCCCCCCCCCCCCCCC(=O)Oc1c(OC)cc(/C=C2/C(C)=C(CC(=O)Nc3ccccc3C)c3cc(OC)ccc32)cc1OC.COc1cccc(NC(=O)CC2=C(C)/C(=C/c3cc(OC)c(OC(=O)N4CCNCC4)c(OC)c3)c3ccc(OC)cc32)c1. The summed E-state index contributed by atoms with van der Waals surface area (Å²) in [4.78, 5) is 78.9. The first-order chi connectivity index (χ1) is 65.4. The number of para-hydroxylation sites is 1. The van der Waals surface area contributed by atoms with Crippen LogP contribution in [0, 0.1) is 12.7 Å². The number of amides is 4. The second-order valence-electron chi connectivity index (χ2n) is 33.2. The maximum absolute atomic E-state index is 14.3. The second-order valence-corrected chi connectivity index (χ2v) is 34.2. The highest BCUT2D eigenvalue weighted by Crippen LogP contribution is 2.51. The molecule has 0 saturated carbocycles. The van der Waals surface area contributed by atoms with Crippen LogP contribution in [-0.4, -0.2) is 131 Å². The van der Waals surface area contributed by atoms with Crippen LogP contribution in [0.5, 0.6) is 69.0 Å². The minimum atomic E-state index is -0.455. The molecule has 135 heavy (non-hydrogen) atoms. The monoisotopic (exact) mass is 1900 g/mol. The van der Waals surface area contributed by atoms with Gasteiger partial charge in [0.2, 0.25) is 35.0 Å². The number of unbranched alkanes of at least 4 members (excludes halogenated alkanes) is 13. The van der Waals surface area contributed by atoms with Gasteiger partial charge in [0.1, 0.15) is 23.1 Å². The molecule has 4 amide bonds. The molecule has 0 bridgehead atoms. The number of carbonyl (C=O) groups is 6. The minimum Gasteiger partial charge on any atom is -0.497 e. The lowest BCUT2D eigenvalue weighted by molar-refractivity contribution is -0.135. The van der Waals surface area contributed by atoms with Gasteiger partial charge in [-0.1, -0.05) is 162 Å². The first kappa shape index (κ1) is 102. The van der Waals surface area contributed by atoms with Gasteiger partial charge in [-0.25, -0.2) is 9.18 Å². The van der Waals surface area contributed by atoms with Crippen LogP contribution in [0.2, 0.25) is 0 Å². The Kier molecular flexibility index (Phi) is 38.3. The first-order valence-electron chi connectivity index (χ1n) is 46.0. The predicted octanol–water partition coefficient (Wildman–Crippen LogP) is 24.9. The molecular weight excluding hydrogens is 1780 g/mol. The van der Waals surface area contributed by atoms with Crippen molar-refractivity contribution in [1.29, 1.82) is 0 Å². The van der Waals surface area contributed by atoms with Gasteiger partial charge in [-0.15, -0.1) is 0 Å². The molecule has 1 aliphatic heterocycles. The molecule has 25 heteroatoms. The smallest absolute Gasteiger partial charge is 0.415 e. The molecule has 9 aromatic carbocycles. The number of fused-ring (bicyclic) bond motifs is 3. The number of rotatable bonds is 40. The van der Waals surface area contributed by atoms with E-state index in [0.717, 1.165) is 135 Å². The van der Waals surface area contributed by atoms with Crippen LogP contribution in [-0.2, 0) is 24.0 Å². The molecule has 23 nitrogen and oxygen atoms in total. The fraction of sp³-hybridized carbons (Fsp3) is 0.345. The number of carbonyl (C=O) groups excluding carboxylic acids is 6. The van der Waals surface area contributed by atoms with Crippen LogP contribution in [0.1, 0.15) is 212 Å². The number of nitrogens with zero attached hydrogens (tertiary/aromatic N) is 1. The summed E-state index contributed by atoms with van der Waals surface area (Å²) < 4.78 is 82.2. The molecule has 1 fully saturated rings. The van der Waals surface area contributed by atoms with Gasteiger partial charge in [0.15, 0.2) is 34.5 Å². The average Bonchev–Trinajstić information content (AvgIpc) is 1.62. The number of methoxy groups -OCH3 is 9. The largest absolute Gasteiger partial charge is 0.497 e. The molecule has 0 aromatic heterocycles. The summed E-state index contributed by atoms with van der Waals surface area (Å²) in [5, 5.41) is 12.2. The van der Waals surface area contributed by atoms with Crippen molar-refractivity contribution >= 4 is 120 Å². The third-order valence-corrected chi connectivity index (χ3v) is 24.6. The zero-order valence-corrected chi connectivity index (χ0v) is 81.7. The molecule has 0 atom stereocenters. The molecule has 1 heterocycles. The normalized spacial score (nSPS) is 13.8. The molecule has 0 radical (unpaired) electrons. The van der Waals surface area contributed by atoms with E-state index in [4.69, 9.17) is 56.8 Å². The Hall–Kier alpha value is -13.4. The maximum atomic E-state index is 14.3. The quantitative estimate of drug-likeness (QED) is 0.0158. The average molecular weight is 1900 g/mol. The Balaban J connectivity index is 0.000000197. The summed E-state index contributed by atoms with van der Waals surface area (Å²) in [5.74, 6) is 3.49. The second kappa shape index (κ2) is 50.6. The number of esters is 2. The van der Waals surface area contributed by atoms with Crippen LogP contribution in [0.25, 0.3) is 51.7 Å². The van der Waals surface area contributed by atoms with Crippen molar-refractivity contribution in [2.75, 3.05) is 106 Å². The van der Waals surface area contributed by atoms with E-state index in [1.807, 2.05) is 149 Å². The molecule has 4 aliphatic rings. The van der Waals surface area contributed by atoms with E-state index in [1.165, 1.54) is 111 Å². The van der Waals surface area contributed by atoms with E-state index >= 15 is 0 Å². The van der Waals surface area contributed by atoms with Crippen LogP contribution in [0.3, 0.4) is 0 Å². The van der Waals surface area contributed by atoms with E-state index in [1.54, 1.807) is 89.8 Å². The first-order valence-corrected chi connectivity index (χ1v) is 46.8. The molecule has 0 spiro atoms. The van der Waals surface area contributed by atoms with Crippen LogP contribution >= 0.6 is 15.9 Å². The standard InChI is InChI=1S/C46H61NO6.C34H37N3O7.C30H27BrFNO5/c1-7-8-9-10-11-12-13-14-15-16-17-18-19-20-25-45(49)53-46-42(51-5)29-35(30-43(46)52-6)28-38-34(3)39(40-31-36(50-4)26-27-37(38)40)32-44(48)47-41-24-22-21-23-33(41)2;1-21-27(15-22-16-30(42-4)33(31(17-22)43-5)44-34(39)37-13-11-35-12-14-37)26-10-9-25(41-3)19-29(26)28(21)20-32(38)36-23-7-6-8-24(18-23)40-2;1-5-29(35)38-30-26(36-3)12-18(13-27(30)37-4)11-23-17(2)24(25-15-20(32)9-10-22(23)25)16-28(34)33-21-8-6-7-19(31)14-21/h21-24,26-31H,7-20,25,32H2,1-6H3,(H,47,48);6-10,15-19,35H,11-14,20H2,1-5H3,(H,36,38);6-15H,5,16H2,1-4H3,(H,33,34)/b38-28-;27-15-;23-11-. The van der Waals surface area contributed by atoms with E-state index < -0.39 is 12.1 Å². The van der Waals surface area contributed by atoms with Crippen molar-refractivity contribution in [1.82, 2.24) is 10.2 Å². The van der Waals surface area contributed by atoms with Gasteiger partial charge >= 0.3 is 18.0 Å². The number of nitrogens with one attached hydrogen (secondary N) is 4. The Morgan fingerprint density at radius 3 is 1.18 bits per heavy atom. The van der Waals surface area contributed by atoms with Gasteiger partial charge in [-0.2, -0.15) is 0 Å². The van der Waals surface area contributed by atoms with Gasteiger partial charge in [0.05, 0.1) is 83.3 Å². The Bertz CT molecular complexity index is 5880. The number of hydrogen-bond acceptors (Lipinski definition) is 19. The molecule has 1 saturated heterocycles. The highest BCUT2D eigenvalue weighted by molar-refractivity contribution is 9.10. The topological polar surface area (TPSA) is 265 Å². The van der Waals surface area contributed by atoms with Crippen molar-refractivity contribution in [2.24, 2.45) is 0 Å². The van der Waals surface area contributed by atoms with Gasteiger partial charge in [0, 0.05) is 66.6 Å². The summed E-state index contributed by atoms with van der Waals surface area (Å²) in [6.07, 6.45) is 24.2. The lowest BCUT2D eigenvalue weighted by Crippen LogP contribution is -2.47. The highest BCUT2D eigenvalue weighted by Gasteiger charge is 2.32. The van der Waals surface area contributed by atoms with Crippen molar-refractivity contribution in [3.8, 4) is 69.0 Å². The van der Waals surface area contributed by atoms with Gasteiger partial charge < -0.3 is 83.0 Å². The minimum absolute atomic E-state index is 0.0741. The number of ether oxygens (including phenoxy) is 12. The number of benzene rings is 9. The van der Waals surface area contributed by atoms with Crippen molar-refractivity contribution in [3.05, 3.63) is 246 Å². The molecular formula is C110H125BrFN5O18. The fourth-order valence-corrected chi connectivity index (χ4v) is 17.2. The zero-order valence-electron chi connectivity index (χ0n) is 80.1. The van der Waals surface area contributed by atoms with Gasteiger partial charge in [-0.05, 0) is 267 Å². The number of aryl methyl sites for hydroxylation is 1. The van der Waals surface area contributed by atoms with E-state index in [2.05, 4.69) is 50.2 Å². The number of allylic oxidation sites excluding steroid dienone is 6. The highest BCUT2D eigenvalue weighted by atomic mass is 79.9. The third kappa shape index (κ3) is 27.5. The van der Waals surface area contributed by atoms with Crippen LogP contribution < -0.4 is 78.1 Å². The van der Waals surface area contributed by atoms with Gasteiger partial charge in [0.25, 0.3) is 0 Å². The zero-order chi connectivity index (χ0) is 96.6. The summed E-state index contributed by atoms with van der Waals surface area (Å²) >= 11 is 3.41. The maximum Gasteiger partial charge on any atom is 0.415 e. The van der Waals surface area contributed by atoms with Crippen LogP contribution in [0.4, 0.5) is 26.2 Å². The number of piperazine rings is 1. The molecule has 3 aliphatic carbocycles. The molecule has 4 N–H and O–H groups in total. The number of halogens is 2. The third-order valence-electron chi connectivity index (χ3n) is 24.1. The van der Waals surface area contributed by atoms with E-state index in [9.17, 15) is 33.2 Å². The molecule has 0 unspecified atom stereocenters. The fourth-order valence-electron chi connectivity index (χ4n) is 16.8. The predicted molar refractivity (Wildman–Crippen MR) is 537 cm³/mol. The number of hydrogen-bond donors (Lipinski definition) is 4. The summed E-state index contributed by atoms with van der Waals surface area (Å²) in [6, 6.07) is 49.5. The van der Waals surface area contributed by atoms with E-state index in [-0.39, 0.29) is 72.4 Å². The van der Waals surface area contributed by atoms with E-state index in [0.29, 0.717) is 95.5 Å². The summed E-state index contributed by atoms with van der Waals surface area (Å²) in [6.45, 7) is 14.4. The Morgan fingerprint density at radius 2 is 0.763 bits per heavy atom. The molecule has 13 rings (SSSR count). The lowest BCUT2D eigenvalue weighted by Gasteiger charge is -2.27. The Labute approximate surface area is 800 Å². The number of anilines is 3. The summed E-state index contributed by atoms with van der Waals surface area (Å²) in [5.41, 5.74) is 18.9. The molecule has 712 valence electrons. The van der Waals surface area contributed by atoms with Crippen molar-refractivity contribution in [2.45, 2.75) is 164 Å². The lowest BCUT2D eigenvalue weighted by atomic mass is 10.00. The van der Waals surface area contributed by atoms with Crippen molar-refractivity contribution in [3.63, 3.8) is 0 Å². The van der Waals surface area contributed by atoms with Gasteiger partial charge in [-0.3, -0.25) is 24.0 Å². The molecule has 9 aromatic rings. The van der Waals surface area contributed by atoms with Crippen LogP contribution in [0.15, 0.2) is 185 Å². The summed E-state index contributed by atoms with van der Waals surface area (Å²) in [7, 11) is 14.0. The Morgan fingerprint density at radius 1 is 0.385 bits per heavy atom. The van der Waals surface area contributed by atoms with Crippen molar-refractivity contribution < 1.29 is 90.0 Å².